The molecule has 0 unspecified atom stereocenters. The number of hydrogen-bond acceptors (Lipinski definition) is 6. The number of tetrazole rings is 1. The SMILES string of the molecule is Clc1cnc(Sc2nnn(CCc3ccccc3)n2)s1. The van der Waals surface area contributed by atoms with Crippen LogP contribution in [-0.4, -0.2) is 25.2 Å². The maximum absolute atomic E-state index is 5.83. The molecule has 0 spiro atoms. The second-order valence-electron chi connectivity index (χ2n) is 3.94. The molecule has 8 heteroatoms. The Morgan fingerprint density at radius 2 is 2.10 bits per heavy atom. The molecule has 0 aliphatic rings. The van der Waals surface area contributed by atoms with Crippen molar-refractivity contribution in [3.63, 3.8) is 0 Å². The third-order valence-corrected chi connectivity index (χ3v) is 4.55. The molecule has 5 nitrogen and oxygen atoms in total. The summed E-state index contributed by atoms with van der Waals surface area (Å²) in [7, 11) is 0. The number of hydrogen-bond donors (Lipinski definition) is 0. The normalized spacial score (nSPS) is 10.8. The molecule has 0 saturated heterocycles. The summed E-state index contributed by atoms with van der Waals surface area (Å²) in [6.45, 7) is 0.705. The van der Waals surface area contributed by atoms with E-state index in [9.17, 15) is 0 Å². The summed E-state index contributed by atoms with van der Waals surface area (Å²) >= 11 is 8.60. The van der Waals surface area contributed by atoms with Crippen LogP contribution in [0.4, 0.5) is 0 Å². The van der Waals surface area contributed by atoms with Crippen LogP contribution in [0.2, 0.25) is 4.34 Å². The highest BCUT2D eigenvalue weighted by Crippen LogP contribution is 2.30. The first kappa shape index (κ1) is 13.5. The fourth-order valence-electron chi connectivity index (χ4n) is 1.60. The van der Waals surface area contributed by atoms with Gasteiger partial charge in [0.15, 0.2) is 4.34 Å². The minimum atomic E-state index is 0.587. The van der Waals surface area contributed by atoms with Crippen molar-refractivity contribution in [3.8, 4) is 0 Å². The monoisotopic (exact) mass is 323 g/mol. The zero-order chi connectivity index (χ0) is 13.8. The van der Waals surface area contributed by atoms with E-state index in [0.29, 0.717) is 16.0 Å². The Bertz CT molecular complexity index is 682. The van der Waals surface area contributed by atoms with E-state index >= 15 is 0 Å². The standard InChI is InChI=1S/C12H10ClN5S2/c13-10-8-14-12(19-10)20-11-15-17-18(16-11)7-6-9-4-2-1-3-5-9/h1-5,8H,6-7H2. The lowest BCUT2D eigenvalue weighted by molar-refractivity contribution is 0.519. The number of benzene rings is 1. The molecule has 102 valence electrons. The van der Waals surface area contributed by atoms with Gasteiger partial charge in [-0.25, -0.2) is 4.98 Å². The molecule has 0 aliphatic heterocycles. The molecule has 1 aromatic carbocycles. The van der Waals surface area contributed by atoms with E-state index in [2.05, 4.69) is 32.5 Å². The summed E-state index contributed by atoms with van der Waals surface area (Å²) in [5, 5.41) is 12.9. The maximum Gasteiger partial charge on any atom is 0.238 e. The van der Waals surface area contributed by atoms with Crippen molar-refractivity contribution >= 4 is 34.7 Å². The Labute approximate surface area is 129 Å². The molecule has 3 rings (SSSR count). The number of thiazole rings is 1. The molecule has 3 aromatic rings. The average molecular weight is 324 g/mol. The zero-order valence-corrected chi connectivity index (χ0v) is 12.7. The first-order valence-electron chi connectivity index (χ1n) is 5.90. The van der Waals surface area contributed by atoms with Crippen LogP contribution in [0.3, 0.4) is 0 Å². The van der Waals surface area contributed by atoms with Gasteiger partial charge in [0, 0.05) is 0 Å². The molecule has 2 aromatic heterocycles. The van der Waals surface area contributed by atoms with Gasteiger partial charge in [-0.2, -0.15) is 4.80 Å². The number of aromatic nitrogens is 5. The van der Waals surface area contributed by atoms with Crippen molar-refractivity contribution < 1.29 is 0 Å². The average Bonchev–Trinajstić information content (AvgIpc) is 3.08. The predicted octanol–water partition coefficient (Wildman–Crippen LogP) is 3.18. The molecular weight excluding hydrogens is 314 g/mol. The van der Waals surface area contributed by atoms with Crippen LogP contribution in [0.15, 0.2) is 46.0 Å². The van der Waals surface area contributed by atoms with Crippen LogP contribution in [0.5, 0.6) is 0 Å². The molecule has 0 bridgehead atoms. The lowest BCUT2D eigenvalue weighted by Crippen LogP contribution is -2.05. The largest absolute Gasteiger partial charge is 0.238 e. The van der Waals surface area contributed by atoms with Gasteiger partial charge < -0.3 is 0 Å². The minimum Gasteiger partial charge on any atom is -0.236 e. The van der Waals surface area contributed by atoms with Gasteiger partial charge in [0.2, 0.25) is 5.16 Å². The van der Waals surface area contributed by atoms with E-state index in [4.69, 9.17) is 11.6 Å². The first-order chi connectivity index (χ1) is 9.79. The Morgan fingerprint density at radius 3 is 2.85 bits per heavy atom. The van der Waals surface area contributed by atoms with Gasteiger partial charge in [-0.05, 0) is 29.0 Å². The number of aryl methyl sites for hydroxylation is 2. The lowest BCUT2D eigenvalue weighted by Gasteiger charge is -1.98. The van der Waals surface area contributed by atoms with Crippen LogP contribution in [-0.2, 0) is 13.0 Å². The Hall–Kier alpha value is -1.44. The van der Waals surface area contributed by atoms with Gasteiger partial charge in [0.1, 0.15) is 4.34 Å². The van der Waals surface area contributed by atoms with E-state index in [1.165, 1.54) is 28.7 Å². The van der Waals surface area contributed by atoms with Crippen molar-refractivity contribution in [2.75, 3.05) is 0 Å². The van der Waals surface area contributed by atoms with Crippen LogP contribution < -0.4 is 0 Å². The van der Waals surface area contributed by atoms with E-state index in [0.717, 1.165) is 10.8 Å². The summed E-state index contributed by atoms with van der Waals surface area (Å²) < 4.78 is 1.47. The van der Waals surface area contributed by atoms with Gasteiger partial charge in [0.05, 0.1) is 12.7 Å². The van der Waals surface area contributed by atoms with Gasteiger partial charge >= 0.3 is 0 Å². The van der Waals surface area contributed by atoms with E-state index < -0.39 is 0 Å². The molecule has 2 heterocycles. The highest BCUT2D eigenvalue weighted by Gasteiger charge is 2.08. The summed E-state index contributed by atoms with van der Waals surface area (Å²) in [5.41, 5.74) is 1.26. The maximum atomic E-state index is 5.83. The van der Waals surface area contributed by atoms with E-state index in [1.54, 1.807) is 11.0 Å². The van der Waals surface area contributed by atoms with Crippen LogP contribution >= 0.6 is 34.7 Å². The van der Waals surface area contributed by atoms with Gasteiger partial charge in [-0.15, -0.1) is 10.2 Å². The number of rotatable bonds is 5. The van der Waals surface area contributed by atoms with Crippen molar-refractivity contribution in [2.24, 2.45) is 0 Å². The predicted molar refractivity (Wildman–Crippen MR) is 79.2 cm³/mol. The van der Waals surface area contributed by atoms with Crippen molar-refractivity contribution in [1.82, 2.24) is 25.2 Å². The van der Waals surface area contributed by atoms with Gasteiger partial charge in [-0.1, -0.05) is 53.3 Å². The molecular formula is C12H10ClN5S2. The zero-order valence-electron chi connectivity index (χ0n) is 10.3. The van der Waals surface area contributed by atoms with Crippen molar-refractivity contribution in [3.05, 3.63) is 46.4 Å². The van der Waals surface area contributed by atoms with Crippen molar-refractivity contribution in [1.29, 1.82) is 0 Å². The van der Waals surface area contributed by atoms with Crippen LogP contribution in [0, 0.1) is 0 Å². The molecule has 0 radical (unpaired) electrons. The summed E-state index contributed by atoms with van der Waals surface area (Å²) in [5.74, 6) is 0. The smallest absolute Gasteiger partial charge is 0.236 e. The highest BCUT2D eigenvalue weighted by atomic mass is 35.5. The van der Waals surface area contributed by atoms with Crippen LogP contribution in [0.25, 0.3) is 0 Å². The van der Waals surface area contributed by atoms with E-state index in [-0.39, 0.29) is 0 Å². The lowest BCUT2D eigenvalue weighted by atomic mass is 10.2. The molecule has 0 atom stereocenters. The third kappa shape index (κ3) is 3.56. The Kier molecular flexibility index (Phi) is 4.29. The van der Waals surface area contributed by atoms with E-state index in [1.807, 2.05) is 18.2 Å². The third-order valence-electron chi connectivity index (χ3n) is 2.51. The molecule has 0 amide bonds. The summed E-state index contributed by atoms with van der Waals surface area (Å²) in [4.78, 5) is 5.75. The fraction of sp³-hybridized carbons (Fsp3) is 0.167. The topological polar surface area (TPSA) is 56.5 Å². The molecule has 0 aliphatic carbocycles. The first-order valence-corrected chi connectivity index (χ1v) is 7.91. The number of nitrogens with zero attached hydrogens (tertiary/aromatic N) is 5. The quantitative estimate of drug-likeness (QED) is 0.721. The van der Waals surface area contributed by atoms with Crippen LogP contribution in [0.1, 0.15) is 5.56 Å². The number of halogens is 1. The second kappa shape index (κ2) is 6.34. The molecule has 0 N–H and O–H groups in total. The highest BCUT2D eigenvalue weighted by molar-refractivity contribution is 8.00. The fourth-order valence-corrected chi connectivity index (χ4v) is 3.52. The Balaban J connectivity index is 1.59. The molecule has 0 saturated carbocycles. The minimum absolute atomic E-state index is 0.587. The second-order valence-corrected chi connectivity index (χ2v) is 6.81. The van der Waals surface area contributed by atoms with Gasteiger partial charge in [0.25, 0.3) is 0 Å². The summed E-state index contributed by atoms with van der Waals surface area (Å²) in [6.07, 6.45) is 2.50. The Morgan fingerprint density at radius 1 is 1.25 bits per heavy atom. The molecule has 20 heavy (non-hydrogen) atoms. The summed E-state index contributed by atoms with van der Waals surface area (Å²) in [6, 6.07) is 10.2. The molecule has 0 fully saturated rings. The van der Waals surface area contributed by atoms with Crippen molar-refractivity contribution in [2.45, 2.75) is 22.5 Å². The van der Waals surface area contributed by atoms with Gasteiger partial charge in [-0.3, -0.25) is 0 Å².